The number of rotatable bonds is 10. The number of hydrogen-bond acceptors (Lipinski definition) is 6. The summed E-state index contributed by atoms with van der Waals surface area (Å²) >= 11 is 0. The fourth-order valence-electron chi connectivity index (χ4n) is 5.12. The number of halogens is 5. The van der Waals surface area contributed by atoms with Gasteiger partial charge in [0.15, 0.2) is 11.6 Å². The van der Waals surface area contributed by atoms with Crippen molar-refractivity contribution in [1.82, 2.24) is 15.4 Å². The molecule has 4 rings (SSSR count). The number of carbonyl (C=O) groups excluding carboxylic acids is 1. The van der Waals surface area contributed by atoms with Crippen LogP contribution in [0.2, 0.25) is 0 Å². The summed E-state index contributed by atoms with van der Waals surface area (Å²) in [5.74, 6) is -4.12. The molecule has 7 nitrogen and oxygen atoms in total. The average Bonchev–Trinajstić information content (AvgIpc) is 2.93. The number of piperidine rings is 1. The Morgan fingerprint density at radius 3 is 2.46 bits per heavy atom. The number of anilines is 1. The number of methoxy groups -OCH3 is 1. The number of hydroxylamine groups is 1. The van der Waals surface area contributed by atoms with Crippen LogP contribution in [0.5, 0.6) is 5.75 Å². The number of nitrogens with one attached hydrogen (secondary N) is 2. The maximum Gasteiger partial charge on any atom is 0.249 e. The Bertz CT molecular complexity index is 1310. The highest BCUT2D eigenvalue weighted by molar-refractivity contribution is 5.84. The lowest BCUT2D eigenvalue weighted by molar-refractivity contribution is -0.143. The maximum absolute atomic E-state index is 15.5. The topological polar surface area (TPSA) is 86.7 Å². The van der Waals surface area contributed by atoms with Crippen molar-refractivity contribution in [2.45, 2.75) is 31.9 Å². The van der Waals surface area contributed by atoms with Gasteiger partial charge in [0.1, 0.15) is 29.2 Å². The van der Waals surface area contributed by atoms with Crippen LogP contribution in [-0.4, -0.2) is 54.3 Å². The molecular formula is C27H29F5N4O3. The Balaban J connectivity index is 1.40. The minimum atomic E-state index is -1.74. The molecule has 1 atom stereocenters. The number of hydrogen-bond donors (Lipinski definition) is 3. The molecule has 12 heteroatoms. The first kappa shape index (κ1) is 28.5. The number of benzene rings is 2. The molecule has 3 N–H and O–H groups in total. The zero-order chi connectivity index (χ0) is 28.2. The molecule has 2 heterocycles. The van der Waals surface area contributed by atoms with E-state index in [1.54, 1.807) is 17.6 Å². The van der Waals surface area contributed by atoms with Crippen LogP contribution in [0.15, 0.2) is 36.5 Å². The van der Waals surface area contributed by atoms with E-state index in [0.29, 0.717) is 43.0 Å². The van der Waals surface area contributed by atoms with Crippen LogP contribution < -0.4 is 15.5 Å². The molecule has 0 spiro atoms. The number of pyridine rings is 1. The van der Waals surface area contributed by atoms with Crippen molar-refractivity contribution in [2.24, 2.45) is 5.41 Å². The SMILES string of the molecule is COc1ccc2ncc(F)c(C(F)CCC3(C(=O)NO)CCN(CCNc4c(F)cc(F)cc4F)CC3)c2c1. The highest BCUT2D eigenvalue weighted by Gasteiger charge is 2.41. The number of likely N-dealkylation sites (tertiary alicyclic amines) is 1. The molecule has 0 radical (unpaired) electrons. The smallest absolute Gasteiger partial charge is 0.249 e. The summed E-state index contributed by atoms with van der Waals surface area (Å²) < 4.78 is 76.2. The van der Waals surface area contributed by atoms with Crippen molar-refractivity contribution in [3.63, 3.8) is 0 Å². The predicted octanol–water partition coefficient (Wildman–Crippen LogP) is 5.29. The number of fused-ring (bicyclic) bond motifs is 1. The lowest BCUT2D eigenvalue weighted by atomic mass is 9.73. The van der Waals surface area contributed by atoms with E-state index in [4.69, 9.17) is 4.74 Å². The Morgan fingerprint density at radius 2 is 1.82 bits per heavy atom. The van der Waals surface area contributed by atoms with E-state index >= 15 is 4.39 Å². The summed E-state index contributed by atoms with van der Waals surface area (Å²) in [6.45, 7) is 1.31. The number of amides is 1. The lowest BCUT2D eigenvalue weighted by Crippen LogP contribution is -2.49. The van der Waals surface area contributed by atoms with Gasteiger partial charge >= 0.3 is 0 Å². The van der Waals surface area contributed by atoms with Gasteiger partial charge < -0.3 is 15.0 Å². The van der Waals surface area contributed by atoms with Gasteiger partial charge in [-0.25, -0.2) is 27.4 Å². The van der Waals surface area contributed by atoms with Crippen molar-refractivity contribution in [3.05, 3.63) is 65.4 Å². The minimum Gasteiger partial charge on any atom is -0.497 e. The summed E-state index contributed by atoms with van der Waals surface area (Å²) in [7, 11) is 1.44. The molecule has 2 aromatic carbocycles. The second-order valence-corrected chi connectivity index (χ2v) is 9.64. The molecule has 1 unspecified atom stereocenters. The molecule has 1 fully saturated rings. The molecule has 0 bridgehead atoms. The third kappa shape index (κ3) is 6.22. The highest BCUT2D eigenvalue weighted by atomic mass is 19.2. The molecule has 0 aliphatic carbocycles. The van der Waals surface area contributed by atoms with Crippen molar-refractivity contribution < 1.29 is 36.7 Å². The van der Waals surface area contributed by atoms with Crippen LogP contribution in [-0.2, 0) is 4.79 Å². The van der Waals surface area contributed by atoms with Crippen LogP contribution >= 0.6 is 0 Å². The number of carbonyl (C=O) groups is 1. The second-order valence-electron chi connectivity index (χ2n) is 9.64. The largest absolute Gasteiger partial charge is 0.497 e. The van der Waals surface area contributed by atoms with E-state index < -0.39 is 46.5 Å². The first-order valence-electron chi connectivity index (χ1n) is 12.5. The fraction of sp³-hybridized carbons (Fsp3) is 0.407. The summed E-state index contributed by atoms with van der Waals surface area (Å²) in [6.07, 6.45) is -0.355. The van der Waals surface area contributed by atoms with Gasteiger partial charge in [-0.15, -0.1) is 0 Å². The Hall–Kier alpha value is -3.51. The van der Waals surface area contributed by atoms with Gasteiger partial charge in [0.05, 0.1) is 24.2 Å². The van der Waals surface area contributed by atoms with E-state index in [2.05, 4.69) is 10.3 Å². The molecule has 0 saturated carbocycles. The van der Waals surface area contributed by atoms with Gasteiger partial charge in [0.25, 0.3) is 0 Å². The maximum atomic E-state index is 15.5. The number of ether oxygens (including phenoxy) is 1. The fourth-order valence-corrected chi connectivity index (χ4v) is 5.12. The van der Waals surface area contributed by atoms with Gasteiger partial charge in [0, 0.05) is 36.2 Å². The number of aromatic nitrogens is 1. The lowest BCUT2D eigenvalue weighted by Gasteiger charge is -2.40. The summed E-state index contributed by atoms with van der Waals surface area (Å²) in [5.41, 5.74) is 0.409. The zero-order valence-electron chi connectivity index (χ0n) is 21.2. The van der Waals surface area contributed by atoms with Crippen LogP contribution in [0.4, 0.5) is 27.6 Å². The molecule has 1 aliphatic rings. The molecule has 39 heavy (non-hydrogen) atoms. The second kappa shape index (κ2) is 12.1. The van der Waals surface area contributed by atoms with Crippen molar-refractivity contribution in [3.8, 4) is 5.75 Å². The summed E-state index contributed by atoms with van der Waals surface area (Å²) in [6, 6.07) is 5.93. The molecular weight excluding hydrogens is 523 g/mol. The normalized spacial score (nSPS) is 16.2. The zero-order valence-corrected chi connectivity index (χ0v) is 21.2. The number of nitrogens with zero attached hydrogens (tertiary/aromatic N) is 2. The van der Waals surface area contributed by atoms with Crippen LogP contribution in [0.1, 0.15) is 37.4 Å². The van der Waals surface area contributed by atoms with Gasteiger partial charge in [-0.3, -0.25) is 15.0 Å². The van der Waals surface area contributed by atoms with Crippen LogP contribution in [0.3, 0.4) is 0 Å². The minimum absolute atomic E-state index is 0.0475. The van der Waals surface area contributed by atoms with Gasteiger partial charge in [-0.1, -0.05) is 0 Å². The number of alkyl halides is 1. The van der Waals surface area contributed by atoms with Crippen molar-refractivity contribution in [2.75, 3.05) is 38.6 Å². The Kier molecular flexibility index (Phi) is 8.86. The van der Waals surface area contributed by atoms with E-state index in [9.17, 15) is 27.6 Å². The van der Waals surface area contributed by atoms with Crippen molar-refractivity contribution >= 4 is 22.5 Å². The third-order valence-electron chi connectivity index (χ3n) is 7.39. The van der Waals surface area contributed by atoms with Crippen LogP contribution in [0, 0.1) is 28.7 Å². The van der Waals surface area contributed by atoms with E-state index in [1.807, 2.05) is 4.90 Å². The first-order chi connectivity index (χ1) is 18.7. The standard InChI is InChI=1S/C27H29F5N4O3/c1-39-17-2-3-23-18(14-17)24(22(32)15-34-23)19(29)4-5-27(26(37)35-38)6-9-36(10-7-27)11-8-33-25-20(30)12-16(28)13-21(25)31/h2-3,12-15,19,33,38H,4-11H2,1H3,(H,35,37). The van der Waals surface area contributed by atoms with E-state index in [0.717, 1.165) is 6.20 Å². The van der Waals surface area contributed by atoms with Crippen molar-refractivity contribution in [1.29, 1.82) is 0 Å². The average molecular weight is 553 g/mol. The van der Waals surface area contributed by atoms with Crippen LogP contribution in [0.25, 0.3) is 10.9 Å². The summed E-state index contributed by atoms with van der Waals surface area (Å²) in [5, 5.41) is 12.3. The Labute approximate surface area is 221 Å². The molecule has 1 saturated heterocycles. The monoisotopic (exact) mass is 552 g/mol. The molecule has 3 aromatic rings. The van der Waals surface area contributed by atoms with Gasteiger partial charge in [-0.2, -0.15) is 0 Å². The molecule has 1 amide bonds. The molecule has 1 aromatic heterocycles. The van der Waals surface area contributed by atoms with Gasteiger partial charge in [0.2, 0.25) is 5.91 Å². The van der Waals surface area contributed by atoms with E-state index in [1.165, 1.54) is 13.2 Å². The van der Waals surface area contributed by atoms with E-state index in [-0.39, 0.29) is 43.2 Å². The summed E-state index contributed by atoms with van der Waals surface area (Å²) in [4.78, 5) is 18.6. The predicted molar refractivity (Wildman–Crippen MR) is 134 cm³/mol. The highest BCUT2D eigenvalue weighted by Crippen LogP contribution is 2.41. The first-order valence-corrected chi connectivity index (χ1v) is 12.5. The van der Waals surface area contributed by atoms with Gasteiger partial charge in [-0.05, 0) is 57.0 Å². The Morgan fingerprint density at radius 1 is 1.13 bits per heavy atom. The molecule has 210 valence electrons. The molecule has 1 aliphatic heterocycles. The third-order valence-corrected chi connectivity index (χ3v) is 7.39. The quantitative estimate of drug-likeness (QED) is 0.180.